The van der Waals surface area contributed by atoms with Gasteiger partial charge in [0.15, 0.2) is 0 Å². The van der Waals surface area contributed by atoms with Crippen molar-refractivity contribution in [3.63, 3.8) is 0 Å². The molecule has 0 saturated heterocycles. The number of benzene rings is 6. The molecule has 0 aliphatic carbocycles. The summed E-state index contributed by atoms with van der Waals surface area (Å²) >= 11 is 0. The Morgan fingerprint density at radius 1 is 0.256 bits per heavy atom. The van der Waals surface area contributed by atoms with E-state index in [1.165, 1.54) is 0 Å². The first-order valence-electron chi connectivity index (χ1n) is 29.0. The number of amidine groups is 4. The van der Waals surface area contributed by atoms with E-state index in [0.29, 0.717) is 0 Å². The van der Waals surface area contributed by atoms with E-state index in [-0.39, 0.29) is 65.4 Å². The van der Waals surface area contributed by atoms with E-state index in [9.17, 15) is 0 Å². The molecule has 0 heterocycles. The van der Waals surface area contributed by atoms with Crippen molar-refractivity contribution in [1.29, 1.82) is 0 Å². The summed E-state index contributed by atoms with van der Waals surface area (Å²) in [7, 11) is -11.9. The molecule has 0 saturated carbocycles. The molecule has 0 N–H and O–H groups in total. The summed E-state index contributed by atoms with van der Waals surface area (Å²) in [5, 5.41) is 0. The van der Waals surface area contributed by atoms with Crippen molar-refractivity contribution >= 4 is 89.2 Å². The van der Waals surface area contributed by atoms with E-state index in [0.717, 1.165) is 56.7 Å². The molecule has 0 unspecified atom stereocenters. The molecule has 8 nitrogen and oxygen atoms in total. The fraction of sp³-hybridized carbons (Fsp3) is 0.353. The van der Waals surface area contributed by atoms with E-state index in [1.807, 2.05) is 84.9 Å². The topological polar surface area (TPSA) is 106 Å². The molecule has 6 rings (SSSR count). The van der Waals surface area contributed by atoms with Crippen LogP contribution >= 0.6 is 0 Å². The largest absolute Gasteiger partial charge is 3.00 e. The molecule has 6 aromatic rings. The molecule has 0 atom stereocenters. The van der Waals surface area contributed by atoms with Gasteiger partial charge < -0.3 is 51.4 Å². The minimum Gasteiger partial charge on any atom is -0.472 e. The van der Waals surface area contributed by atoms with Gasteiger partial charge in [-0.2, -0.15) is 0 Å². The van der Waals surface area contributed by atoms with Crippen molar-refractivity contribution in [2.75, 3.05) is 0 Å². The third kappa shape index (κ3) is 46.4. The van der Waals surface area contributed by atoms with Gasteiger partial charge in [0.2, 0.25) is 0 Å². The van der Waals surface area contributed by atoms with E-state index in [4.69, 9.17) is 51.4 Å². The average Bonchev–Trinajstić information content (AvgIpc) is 3.61. The minimum atomic E-state index is -1.49. The molecule has 6 aromatic carbocycles. The second-order valence-corrected chi connectivity index (χ2v) is 64.5. The van der Waals surface area contributed by atoms with Crippen molar-refractivity contribution < 1.29 is 65.4 Å². The molecule has 86 heavy (non-hydrogen) atoms. The molecular weight excluding hydrogens is 1330 g/mol. The van der Waals surface area contributed by atoms with Crippen molar-refractivity contribution in [3.05, 3.63) is 248 Å². The molecule has 0 radical (unpaired) electrons. The average molecular weight is 1430 g/mol. The van der Waals surface area contributed by atoms with Gasteiger partial charge in [-0.05, 0) is 22.3 Å². The van der Waals surface area contributed by atoms with Crippen LogP contribution in [0.4, 0.5) is 0 Å². The third-order valence-corrected chi connectivity index (χ3v) is 16.6. The monoisotopic (exact) mass is 1430 g/mol. The smallest absolute Gasteiger partial charge is 0.472 e. The summed E-state index contributed by atoms with van der Waals surface area (Å²) in [4.78, 5) is 19.6. The zero-order valence-corrected chi connectivity index (χ0v) is 70.7. The molecule has 0 spiro atoms. The van der Waals surface area contributed by atoms with Crippen molar-refractivity contribution in [2.24, 2.45) is 18.6 Å². The van der Waals surface area contributed by atoms with E-state index < -0.39 is 65.9 Å². The van der Waals surface area contributed by atoms with Crippen LogP contribution in [0.15, 0.2) is 201 Å². The van der Waals surface area contributed by atoms with Crippen molar-refractivity contribution in [1.82, 2.24) is 0 Å². The molecule has 0 aliphatic heterocycles. The molecule has 0 fully saturated rings. The summed E-state index contributed by atoms with van der Waals surface area (Å²) in [6.45, 7) is 53.9. The third-order valence-electron chi connectivity index (χ3n) is 9.49. The van der Waals surface area contributed by atoms with Gasteiger partial charge in [-0.1, -0.05) is 338 Å². The van der Waals surface area contributed by atoms with Gasteiger partial charge in [0.1, 0.15) is 0 Å². The Bertz CT molecular complexity index is 2640. The normalized spacial score (nSPS) is 12.3. The van der Waals surface area contributed by atoms with E-state index in [2.05, 4.69) is 266 Å². The predicted molar refractivity (Wildman–Crippen MR) is 397 cm³/mol. The maximum Gasteiger partial charge on any atom is 3.00 e. The summed E-state index contributed by atoms with van der Waals surface area (Å²) < 4.78 is 19.6. The number of nitrogens with zero attached hydrogens (tertiary/aromatic N) is 8. The zero-order chi connectivity index (χ0) is 64.1. The van der Waals surface area contributed by atoms with Crippen molar-refractivity contribution in [3.8, 4) is 11.8 Å². The van der Waals surface area contributed by atoms with Crippen LogP contribution in [0, 0.1) is 24.7 Å². The fourth-order valence-electron chi connectivity index (χ4n) is 6.55. The predicted octanol–water partition coefficient (Wildman–Crippen LogP) is 21.2. The van der Waals surface area contributed by atoms with Crippen molar-refractivity contribution in [2.45, 2.75) is 157 Å². The summed E-state index contributed by atoms with van der Waals surface area (Å²) in [5.74, 6) is 8.40. The molecule has 0 aromatic heterocycles. The second-order valence-electron chi connectivity index (χ2n) is 28.0. The summed E-state index contributed by atoms with van der Waals surface area (Å²) in [6, 6.07) is 60.1. The zero-order valence-electron chi connectivity index (χ0n) is 57.1. The molecule has 18 heteroatoms. The first kappa shape index (κ1) is 84.3. The summed E-state index contributed by atoms with van der Waals surface area (Å²) in [5.41, 5.74) is 6.25. The van der Waals surface area contributed by atoms with Gasteiger partial charge >= 0.3 is 65.4 Å². The van der Waals surface area contributed by atoms with Gasteiger partial charge in [-0.3, -0.25) is 11.8 Å². The Balaban J connectivity index is 0. The molecule has 0 bridgehead atoms. The van der Waals surface area contributed by atoms with E-state index in [1.54, 1.807) is 0 Å². The number of hydrogen-bond acceptors (Lipinski definition) is 4. The maximum atomic E-state index is 6.69. The van der Waals surface area contributed by atoms with Gasteiger partial charge in [0, 0.05) is 65.9 Å². The second kappa shape index (κ2) is 40.1. The minimum absolute atomic E-state index is 0. The Morgan fingerprint density at radius 3 is 0.500 bits per heavy atom. The molecule has 452 valence electrons. The molecule has 0 aliphatic rings. The Morgan fingerprint density at radius 2 is 0.395 bits per heavy atom. The Labute approximate surface area is 584 Å². The van der Waals surface area contributed by atoms with E-state index >= 15 is 0 Å². The quantitative estimate of drug-likeness (QED) is 0.0383. The van der Waals surface area contributed by atoms with Crippen LogP contribution in [0.3, 0.4) is 0 Å². The summed E-state index contributed by atoms with van der Waals surface area (Å²) in [6.07, 6.45) is 13.4. The molecular formula is C68H102N8Si8Y2. The standard InChI is InChI=1S/4C13H23N2Si2.2C8H5.2Y/c4*1-16(2,3)14-13(15-17(4,5)6)12-10-8-7-9-11-12;2*1-2-8-6-4-3-5-7-8;;/h4*7-11H,1-6H3;2*3-7H;;/q6*-1;2*+3. The SMILES string of the molecule is C[Si](C)(C)/N=C(/[N-][Si](C)(C)C)c1ccccc1.C[Si](C)(C)/N=C(/[N-][Si](C)(C)C)c1ccccc1.C[Si](C)(C)/N=C(/[N-][Si](C)(C)C)c1ccccc1.C[Si](C)(C)/N=C(/[N-][Si](C)(C)C)c1ccccc1.[C-]#Cc1ccccc1.[C-]#Cc1ccccc1.[Y+3].[Y+3]. The molecule has 0 amide bonds. The first-order chi connectivity index (χ1) is 38.6. The van der Waals surface area contributed by atoms with Crippen LogP contribution in [0.1, 0.15) is 33.4 Å². The van der Waals surface area contributed by atoms with Crippen LogP contribution in [-0.4, -0.2) is 89.2 Å². The van der Waals surface area contributed by atoms with Crippen LogP contribution in [0.5, 0.6) is 0 Å². The van der Waals surface area contributed by atoms with Crippen LogP contribution < -0.4 is 0 Å². The van der Waals surface area contributed by atoms with Gasteiger partial charge in [0.25, 0.3) is 0 Å². The van der Waals surface area contributed by atoms with Crippen LogP contribution in [0.2, 0.25) is 157 Å². The Kier molecular flexibility index (Phi) is 39.3. The van der Waals surface area contributed by atoms with Gasteiger partial charge in [-0.15, -0.1) is 35.4 Å². The van der Waals surface area contributed by atoms with Gasteiger partial charge in [-0.25, -0.2) is 0 Å². The van der Waals surface area contributed by atoms with Gasteiger partial charge in [0.05, 0.1) is 0 Å². The fourth-order valence-corrected chi connectivity index (χ4v) is 13.5. The van der Waals surface area contributed by atoms with Crippen LogP contribution in [0.25, 0.3) is 19.9 Å². The number of hydrogen-bond donors (Lipinski definition) is 0. The maximum absolute atomic E-state index is 6.69. The first-order valence-corrected chi connectivity index (χ1v) is 56.6. The Hall–Kier alpha value is -3.74. The number of rotatable bonds is 12. The van der Waals surface area contributed by atoms with Crippen LogP contribution in [-0.2, 0) is 65.4 Å².